The summed E-state index contributed by atoms with van der Waals surface area (Å²) in [4.78, 5) is 10.3. The minimum Gasteiger partial charge on any atom is -0.383 e. The number of hydrogen-bond acceptors (Lipinski definition) is 3. The summed E-state index contributed by atoms with van der Waals surface area (Å²) in [6, 6.07) is 8.42. The van der Waals surface area contributed by atoms with Gasteiger partial charge in [-0.25, -0.2) is 0 Å². The smallest absolute Gasteiger partial charge is 0.191 e. The Morgan fingerprint density at radius 1 is 1.22 bits per heavy atom. The van der Waals surface area contributed by atoms with Crippen molar-refractivity contribution in [1.29, 1.82) is 0 Å². The summed E-state index contributed by atoms with van der Waals surface area (Å²) in [7, 11) is 3.86. The average Bonchev–Trinajstić information content (AvgIpc) is 3.06. The number of rotatable bonds is 11. The van der Waals surface area contributed by atoms with E-state index in [1.54, 1.807) is 7.11 Å². The van der Waals surface area contributed by atoms with E-state index in [0.717, 1.165) is 58.1 Å². The van der Waals surface area contributed by atoms with Gasteiger partial charge in [-0.2, -0.15) is 0 Å². The summed E-state index contributed by atoms with van der Waals surface area (Å²) in [5.41, 5.74) is 2.53. The second kappa shape index (κ2) is 13.8. The Morgan fingerprint density at radius 2 is 2.04 bits per heavy atom. The molecular formula is C20H34IN5O. The molecule has 0 atom stereocenters. The number of nitrogens with zero attached hydrogens (tertiary/aromatic N) is 2. The lowest BCUT2D eigenvalue weighted by molar-refractivity contribution is 0.161. The van der Waals surface area contributed by atoms with Gasteiger partial charge in [0.1, 0.15) is 0 Å². The highest BCUT2D eigenvalue weighted by atomic mass is 127. The molecule has 0 saturated heterocycles. The Morgan fingerprint density at radius 3 is 2.81 bits per heavy atom. The van der Waals surface area contributed by atoms with Crippen molar-refractivity contribution < 1.29 is 4.74 Å². The van der Waals surface area contributed by atoms with Gasteiger partial charge in [-0.1, -0.05) is 18.2 Å². The highest BCUT2D eigenvalue weighted by molar-refractivity contribution is 14.0. The zero-order valence-electron chi connectivity index (χ0n) is 16.8. The fourth-order valence-electron chi connectivity index (χ4n) is 2.89. The second-order valence-electron chi connectivity index (χ2n) is 6.45. The molecule has 6 nitrogen and oxygen atoms in total. The molecule has 0 aliphatic carbocycles. The van der Waals surface area contributed by atoms with Gasteiger partial charge in [0, 0.05) is 50.4 Å². The van der Waals surface area contributed by atoms with Crippen LogP contribution in [0.4, 0.5) is 0 Å². The molecule has 0 saturated carbocycles. The molecule has 1 aromatic carbocycles. The maximum absolute atomic E-state index is 5.10. The lowest BCUT2D eigenvalue weighted by atomic mass is 10.1. The number of H-pyrrole nitrogens is 1. The number of hydrogen-bond donors (Lipinski definition) is 3. The lowest BCUT2D eigenvalue weighted by Crippen LogP contribution is -2.38. The molecule has 1 aromatic heterocycles. The number of guanidine groups is 1. The van der Waals surface area contributed by atoms with E-state index in [1.165, 1.54) is 16.5 Å². The number of halogens is 1. The molecule has 0 bridgehead atoms. The molecule has 27 heavy (non-hydrogen) atoms. The predicted octanol–water partition coefficient (Wildman–Crippen LogP) is 2.85. The Balaban J connectivity index is 0.00000364. The predicted molar refractivity (Wildman–Crippen MR) is 125 cm³/mol. The first kappa shape index (κ1) is 23.7. The number of ether oxygens (including phenoxy) is 1. The molecule has 152 valence electrons. The Hall–Kier alpha value is -1.32. The fourth-order valence-corrected chi connectivity index (χ4v) is 2.89. The van der Waals surface area contributed by atoms with E-state index in [9.17, 15) is 0 Å². The second-order valence-corrected chi connectivity index (χ2v) is 6.45. The quantitative estimate of drug-likeness (QED) is 0.198. The zero-order valence-corrected chi connectivity index (χ0v) is 19.1. The highest BCUT2D eigenvalue weighted by Crippen LogP contribution is 2.17. The Bertz CT molecular complexity index is 673. The van der Waals surface area contributed by atoms with Crippen molar-refractivity contribution in [3.8, 4) is 0 Å². The summed E-state index contributed by atoms with van der Waals surface area (Å²) >= 11 is 0. The lowest BCUT2D eigenvalue weighted by Gasteiger charge is -2.15. The van der Waals surface area contributed by atoms with E-state index in [2.05, 4.69) is 69.9 Å². The molecule has 0 amide bonds. The molecule has 1 heterocycles. The van der Waals surface area contributed by atoms with E-state index >= 15 is 0 Å². The number of nitrogens with one attached hydrogen (secondary N) is 3. The van der Waals surface area contributed by atoms with Crippen LogP contribution in [-0.4, -0.2) is 69.3 Å². The maximum atomic E-state index is 5.10. The van der Waals surface area contributed by atoms with Gasteiger partial charge >= 0.3 is 0 Å². The van der Waals surface area contributed by atoms with Crippen LogP contribution in [0.15, 0.2) is 35.5 Å². The number of aromatic amines is 1. The molecule has 0 radical (unpaired) electrons. The normalized spacial score (nSPS) is 11.6. The van der Waals surface area contributed by atoms with Crippen molar-refractivity contribution in [2.24, 2.45) is 4.99 Å². The molecule has 7 heteroatoms. The van der Waals surface area contributed by atoms with Gasteiger partial charge in [0.2, 0.25) is 0 Å². The molecule has 3 N–H and O–H groups in total. The van der Waals surface area contributed by atoms with Gasteiger partial charge in [0.05, 0.1) is 6.61 Å². The number of aliphatic imine (C=N–C) groups is 1. The van der Waals surface area contributed by atoms with Crippen LogP contribution >= 0.6 is 24.0 Å². The molecule has 0 fully saturated rings. The van der Waals surface area contributed by atoms with Crippen molar-refractivity contribution in [1.82, 2.24) is 20.5 Å². The number of para-hydroxylation sites is 1. The van der Waals surface area contributed by atoms with Crippen LogP contribution in [0.3, 0.4) is 0 Å². The van der Waals surface area contributed by atoms with Crippen LogP contribution in [0.1, 0.15) is 18.9 Å². The SMILES string of the molecule is CCNC(=NCCCN(C)CCOC)NCCc1c[nH]c2ccccc12.I. The van der Waals surface area contributed by atoms with Crippen molar-refractivity contribution >= 4 is 40.8 Å². The van der Waals surface area contributed by atoms with Crippen molar-refractivity contribution in [3.05, 3.63) is 36.0 Å². The average molecular weight is 487 g/mol. The van der Waals surface area contributed by atoms with Crippen molar-refractivity contribution in [2.75, 3.05) is 53.5 Å². The van der Waals surface area contributed by atoms with Gasteiger partial charge in [0.15, 0.2) is 5.96 Å². The fraction of sp³-hybridized carbons (Fsp3) is 0.550. The van der Waals surface area contributed by atoms with Gasteiger partial charge in [-0.05, 0) is 45.0 Å². The van der Waals surface area contributed by atoms with E-state index in [-0.39, 0.29) is 24.0 Å². The van der Waals surface area contributed by atoms with Gasteiger partial charge < -0.3 is 25.3 Å². The summed E-state index contributed by atoms with van der Waals surface area (Å²) in [6.45, 7) is 7.41. The molecule has 0 unspecified atom stereocenters. The monoisotopic (exact) mass is 487 g/mol. The van der Waals surface area contributed by atoms with Gasteiger partial charge in [-0.15, -0.1) is 24.0 Å². The highest BCUT2D eigenvalue weighted by Gasteiger charge is 2.03. The first-order valence-electron chi connectivity index (χ1n) is 9.49. The number of aromatic nitrogens is 1. The third kappa shape index (κ3) is 8.49. The molecular weight excluding hydrogens is 453 g/mol. The molecule has 0 aliphatic heterocycles. The minimum atomic E-state index is 0. The molecule has 0 aliphatic rings. The van der Waals surface area contributed by atoms with E-state index in [1.807, 2.05) is 0 Å². The van der Waals surface area contributed by atoms with Crippen molar-refractivity contribution in [3.63, 3.8) is 0 Å². The first-order chi connectivity index (χ1) is 12.7. The first-order valence-corrected chi connectivity index (χ1v) is 9.49. The summed E-state index contributed by atoms with van der Waals surface area (Å²) in [5.74, 6) is 0.895. The van der Waals surface area contributed by atoms with Gasteiger partial charge in [-0.3, -0.25) is 4.99 Å². The summed E-state index contributed by atoms with van der Waals surface area (Å²) in [6.07, 6.45) is 4.11. The Kier molecular flexibility index (Phi) is 12.1. The molecule has 2 rings (SSSR count). The number of benzene rings is 1. The van der Waals surface area contributed by atoms with Crippen LogP contribution < -0.4 is 10.6 Å². The third-order valence-corrected chi connectivity index (χ3v) is 4.35. The van der Waals surface area contributed by atoms with Crippen LogP contribution in [0.2, 0.25) is 0 Å². The third-order valence-electron chi connectivity index (χ3n) is 4.35. The Labute approximate surface area is 180 Å². The topological polar surface area (TPSA) is 64.7 Å². The zero-order chi connectivity index (χ0) is 18.6. The van der Waals surface area contributed by atoms with Gasteiger partial charge in [0.25, 0.3) is 0 Å². The maximum Gasteiger partial charge on any atom is 0.191 e. The number of fused-ring (bicyclic) bond motifs is 1. The van der Waals surface area contributed by atoms with Crippen LogP contribution in [-0.2, 0) is 11.2 Å². The number of likely N-dealkylation sites (N-methyl/N-ethyl adjacent to an activating group) is 1. The van der Waals surface area contributed by atoms with E-state index in [4.69, 9.17) is 4.74 Å². The minimum absolute atomic E-state index is 0. The van der Waals surface area contributed by atoms with Crippen LogP contribution in [0, 0.1) is 0 Å². The molecule has 0 spiro atoms. The van der Waals surface area contributed by atoms with E-state index < -0.39 is 0 Å². The van der Waals surface area contributed by atoms with E-state index in [0.29, 0.717) is 0 Å². The molecule has 2 aromatic rings. The summed E-state index contributed by atoms with van der Waals surface area (Å²) < 4.78 is 5.10. The largest absolute Gasteiger partial charge is 0.383 e. The van der Waals surface area contributed by atoms with Crippen molar-refractivity contribution in [2.45, 2.75) is 19.8 Å². The summed E-state index contributed by atoms with van der Waals surface area (Å²) in [5, 5.41) is 8.06. The number of methoxy groups -OCH3 is 1. The standard InChI is InChI=1S/C20H33N5O.HI/c1-4-21-20(22-11-7-13-25(2)14-15-26-3)23-12-10-17-16-24-19-9-6-5-8-18(17)19;/h5-6,8-9,16,24H,4,7,10-15H2,1-3H3,(H2,21,22,23);1H. The van der Waals surface area contributed by atoms with Crippen LogP contribution in [0.25, 0.3) is 10.9 Å². The van der Waals surface area contributed by atoms with Crippen LogP contribution in [0.5, 0.6) is 0 Å².